The van der Waals surface area contributed by atoms with Crippen molar-refractivity contribution in [1.29, 1.82) is 0 Å². The van der Waals surface area contributed by atoms with Crippen LogP contribution in [0.4, 0.5) is 29.5 Å². The second-order valence-corrected chi connectivity index (χ2v) is 9.80. The van der Waals surface area contributed by atoms with Gasteiger partial charge in [0, 0.05) is 31.1 Å². The topological polar surface area (TPSA) is 121 Å². The number of nitrogens with one attached hydrogen (secondary N) is 3. The van der Waals surface area contributed by atoms with E-state index < -0.39 is 18.0 Å². The van der Waals surface area contributed by atoms with Gasteiger partial charge < -0.3 is 25.0 Å². The van der Waals surface area contributed by atoms with E-state index >= 15 is 0 Å². The van der Waals surface area contributed by atoms with E-state index in [1.165, 1.54) is 12.3 Å². The molecule has 1 aliphatic carbocycles. The van der Waals surface area contributed by atoms with E-state index in [0.29, 0.717) is 43.1 Å². The first kappa shape index (κ1) is 24.3. The maximum Gasteiger partial charge on any atom is 0.433 e. The predicted molar refractivity (Wildman–Crippen MR) is 121 cm³/mol. The van der Waals surface area contributed by atoms with Crippen LogP contribution in [0.2, 0.25) is 0 Å². The maximum atomic E-state index is 12.7. The van der Waals surface area contributed by atoms with Gasteiger partial charge in [-0.1, -0.05) is 0 Å². The molecule has 4 heterocycles. The number of ether oxygens (including phenoxy) is 2. The van der Waals surface area contributed by atoms with Crippen LogP contribution in [0, 0.1) is 5.92 Å². The Labute approximate surface area is 204 Å². The van der Waals surface area contributed by atoms with Gasteiger partial charge in [0.2, 0.25) is 5.91 Å². The largest absolute Gasteiger partial charge is 0.444 e. The molecule has 3 N–H and O–H groups in total. The first-order valence-corrected chi connectivity index (χ1v) is 11.8. The van der Waals surface area contributed by atoms with Gasteiger partial charge in [0.25, 0.3) is 0 Å². The number of alkyl carbamates (subject to hydrolysis) is 1. The molecule has 2 aromatic rings. The van der Waals surface area contributed by atoms with Gasteiger partial charge in [-0.2, -0.15) is 18.3 Å². The number of halogens is 3. The van der Waals surface area contributed by atoms with Crippen LogP contribution in [-0.4, -0.2) is 58.5 Å². The molecule has 0 radical (unpaired) electrons. The standard InChI is InChI=1S/C23H27F3N6O4/c1-22(5-6-22)29-21(34)36-15-8-17(35-12-15)16-9-19(31-30-16)28-20(33)13-4-7-32(11-13)14-2-3-18(27-10-14)23(24,25)26/h2-3,9-10,13,15,17H,4-8,11-12H2,1H3,(H,29,34)(H2,28,30,31,33)/t13-,15-,17-/m0/s1. The van der Waals surface area contributed by atoms with Gasteiger partial charge in [-0.3, -0.25) is 9.89 Å². The molecule has 0 aromatic carbocycles. The van der Waals surface area contributed by atoms with E-state index in [1.54, 1.807) is 6.07 Å². The van der Waals surface area contributed by atoms with Crippen LogP contribution < -0.4 is 15.5 Å². The Morgan fingerprint density at radius 2 is 2.11 bits per heavy atom. The molecule has 3 fully saturated rings. The number of hydrogen-bond acceptors (Lipinski definition) is 7. The summed E-state index contributed by atoms with van der Waals surface area (Å²) >= 11 is 0. The summed E-state index contributed by atoms with van der Waals surface area (Å²) in [5.74, 6) is -0.231. The summed E-state index contributed by atoms with van der Waals surface area (Å²) in [4.78, 5) is 30.1. The summed E-state index contributed by atoms with van der Waals surface area (Å²) in [7, 11) is 0. The summed E-state index contributed by atoms with van der Waals surface area (Å²) < 4.78 is 49.4. The molecule has 3 aliphatic rings. The fraction of sp³-hybridized carbons (Fsp3) is 0.565. The van der Waals surface area contributed by atoms with Gasteiger partial charge in [0.15, 0.2) is 5.82 Å². The Hall–Kier alpha value is -3.35. The molecule has 36 heavy (non-hydrogen) atoms. The van der Waals surface area contributed by atoms with Gasteiger partial charge >= 0.3 is 12.3 Å². The lowest BCUT2D eigenvalue weighted by Crippen LogP contribution is -2.37. The lowest BCUT2D eigenvalue weighted by atomic mass is 10.1. The van der Waals surface area contributed by atoms with E-state index in [1.807, 2.05) is 11.8 Å². The third-order valence-corrected chi connectivity index (χ3v) is 6.80. The lowest BCUT2D eigenvalue weighted by Gasteiger charge is -2.18. The number of carbonyl (C=O) groups excluding carboxylic acids is 2. The molecule has 2 amide bonds. The van der Waals surface area contributed by atoms with Crippen LogP contribution >= 0.6 is 0 Å². The minimum atomic E-state index is -4.49. The van der Waals surface area contributed by atoms with E-state index in [4.69, 9.17) is 9.47 Å². The van der Waals surface area contributed by atoms with E-state index in [2.05, 4.69) is 25.8 Å². The molecule has 3 atom stereocenters. The summed E-state index contributed by atoms with van der Waals surface area (Å²) in [6.07, 6.45) is -1.56. The Morgan fingerprint density at radius 1 is 1.31 bits per heavy atom. The van der Waals surface area contributed by atoms with Crippen molar-refractivity contribution in [3.63, 3.8) is 0 Å². The Morgan fingerprint density at radius 3 is 2.81 bits per heavy atom. The molecule has 13 heteroatoms. The Bertz CT molecular complexity index is 1120. The van der Waals surface area contributed by atoms with Gasteiger partial charge in [0.1, 0.15) is 17.9 Å². The number of hydrogen-bond donors (Lipinski definition) is 3. The van der Waals surface area contributed by atoms with Gasteiger partial charge in [-0.15, -0.1) is 0 Å². The number of amides is 2. The summed E-state index contributed by atoms with van der Waals surface area (Å²) in [6.45, 7) is 3.13. The van der Waals surface area contributed by atoms with Crippen molar-refractivity contribution >= 4 is 23.5 Å². The molecule has 2 aliphatic heterocycles. The average molecular weight is 509 g/mol. The smallest absolute Gasteiger partial charge is 0.433 e. The fourth-order valence-corrected chi connectivity index (χ4v) is 4.38. The molecular formula is C23H27F3N6O4. The highest BCUT2D eigenvalue weighted by molar-refractivity contribution is 5.92. The van der Waals surface area contributed by atoms with E-state index in [0.717, 1.165) is 18.9 Å². The number of pyridine rings is 1. The number of aromatic nitrogens is 3. The van der Waals surface area contributed by atoms with Gasteiger partial charge in [-0.05, 0) is 38.3 Å². The van der Waals surface area contributed by atoms with Gasteiger partial charge in [-0.25, -0.2) is 9.78 Å². The molecule has 2 aromatic heterocycles. The Balaban J connectivity index is 1.10. The van der Waals surface area contributed by atoms with Crippen molar-refractivity contribution in [2.45, 2.75) is 56.5 Å². The summed E-state index contributed by atoms with van der Waals surface area (Å²) in [5, 5.41) is 12.6. The molecule has 2 saturated heterocycles. The molecule has 0 spiro atoms. The Kier molecular flexibility index (Phi) is 6.27. The summed E-state index contributed by atoms with van der Waals surface area (Å²) in [6, 6.07) is 3.99. The second kappa shape index (κ2) is 9.26. The zero-order chi connectivity index (χ0) is 25.5. The van der Waals surface area contributed by atoms with E-state index in [-0.39, 0.29) is 36.2 Å². The van der Waals surface area contributed by atoms with Crippen LogP contribution in [0.15, 0.2) is 24.4 Å². The molecule has 10 nitrogen and oxygen atoms in total. The average Bonchev–Trinajstić information content (AvgIpc) is 3.29. The van der Waals surface area contributed by atoms with Crippen LogP contribution in [0.25, 0.3) is 0 Å². The number of aromatic amines is 1. The number of nitrogens with zero attached hydrogens (tertiary/aromatic N) is 3. The van der Waals surface area contributed by atoms with Crippen molar-refractivity contribution in [3.05, 3.63) is 35.8 Å². The minimum Gasteiger partial charge on any atom is -0.444 e. The summed E-state index contributed by atoms with van der Waals surface area (Å²) in [5.41, 5.74) is 0.0940. The number of rotatable bonds is 6. The third-order valence-electron chi connectivity index (χ3n) is 6.80. The number of H-pyrrole nitrogens is 1. The van der Waals surface area contributed by atoms with Crippen LogP contribution in [0.1, 0.15) is 50.1 Å². The first-order chi connectivity index (χ1) is 17.1. The molecule has 0 unspecified atom stereocenters. The quantitative estimate of drug-likeness (QED) is 0.547. The number of anilines is 2. The normalized spacial score (nSPS) is 25.0. The van der Waals surface area contributed by atoms with Crippen molar-refractivity contribution in [2.24, 2.45) is 5.92 Å². The molecular weight excluding hydrogens is 481 g/mol. The fourth-order valence-electron chi connectivity index (χ4n) is 4.38. The van der Waals surface area contributed by atoms with Crippen molar-refractivity contribution in [3.8, 4) is 0 Å². The SMILES string of the molecule is CC1(NC(=O)O[C@@H]2CO[C@H](c3cc(NC(=O)[C@H]4CCN(c5ccc(C(F)(F)F)nc5)C4)n[nH]3)C2)CC1. The zero-order valence-corrected chi connectivity index (χ0v) is 19.6. The predicted octanol–water partition coefficient (Wildman–Crippen LogP) is 3.40. The van der Waals surface area contributed by atoms with Crippen LogP contribution in [0.5, 0.6) is 0 Å². The maximum absolute atomic E-state index is 12.7. The molecule has 194 valence electrons. The lowest BCUT2D eigenvalue weighted by molar-refractivity contribution is -0.141. The number of alkyl halides is 3. The number of carbonyl (C=O) groups is 2. The van der Waals surface area contributed by atoms with Crippen molar-refractivity contribution in [1.82, 2.24) is 20.5 Å². The third kappa shape index (κ3) is 5.55. The highest BCUT2D eigenvalue weighted by Gasteiger charge is 2.40. The minimum absolute atomic E-state index is 0.155. The molecule has 1 saturated carbocycles. The van der Waals surface area contributed by atoms with Gasteiger partial charge in [0.05, 0.1) is 30.1 Å². The first-order valence-electron chi connectivity index (χ1n) is 11.8. The van der Waals surface area contributed by atoms with Crippen LogP contribution in [-0.2, 0) is 20.4 Å². The molecule has 5 rings (SSSR count). The molecule has 0 bridgehead atoms. The van der Waals surface area contributed by atoms with Crippen molar-refractivity contribution in [2.75, 3.05) is 29.9 Å². The van der Waals surface area contributed by atoms with Crippen molar-refractivity contribution < 1.29 is 32.2 Å². The van der Waals surface area contributed by atoms with Crippen LogP contribution in [0.3, 0.4) is 0 Å². The monoisotopic (exact) mass is 508 g/mol. The highest BCUT2D eigenvalue weighted by Crippen LogP contribution is 2.35. The highest BCUT2D eigenvalue weighted by atomic mass is 19.4. The zero-order valence-electron chi connectivity index (χ0n) is 19.6. The van der Waals surface area contributed by atoms with E-state index in [9.17, 15) is 22.8 Å². The second-order valence-electron chi connectivity index (χ2n) is 9.80.